The number of rotatable bonds is 2. The highest BCUT2D eigenvalue weighted by molar-refractivity contribution is 5.90. The number of Topliss-reactive ketones (excluding diaryl/α,β-unsaturated/α-hetero) is 1. The summed E-state index contributed by atoms with van der Waals surface area (Å²) in [6.07, 6.45) is -0.245. The van der Waals surface area contributed by atoms with Crippen molar-refractivity contribution in [1.29, 1.82) is 0 Å². The maximum atomic E-state index is 11.9. The molecule has 0 radical (unpaired) electrons. The average molecular weight is 204 g/mol. The Hall–Kier alpha value is -1.15. The van der Waals surface area contributed by atoms with Gasteiger partial charge in [0.15, 0.2) is 5.78 Å². The lowest BCUT2D eigenvalue weighted by Crippen LogP contribution is -2.25. The van der Waals surface area contributed by atoms with Crippen LogP contribution in [0.5, 0.6) is 0 Å². The molecule has 1 aromatic carbocycles. The third-order valence-electron chi connectivity index (χ3n) is 2.62. The molecule has 1 fully saturated rings. The summed E-state index contributed by atoms with van der Waals surface area (Å²) in [6, 6.07) is 9.90. The maximum Gasteiger partial charge on any atom is 0.169 e. The highest BCUT2D eigenvalue weighted by Gasteiger charge is 2.49. The average Bonchev–Trinajstić information content (AvgIpc) is 2.96. The van der Waals surface area contributed by atoms with Crippen LogP contribution in [-0.2, 0) is 9.53 Å². The third-order valence-corrected chi connectivity index (χ3v) is 2.62. The summed E-state index contributed by atoms with van der Waals surface area (Å²) in [5.41, 5.74) is 0.786. The first-order chi connectivity index (χ1) is 7.00. The Kier molecular flexibility index (Phi) is 2.39. The second-order valence-electron chi connectivity index (χ2n) is 5.00. The summed E-state index contributed by atoms with van der Waals surface area (Å²) in [5.74, 6) is 0.191. The number of hydrogen-bond donors (Lipinski definition) is 0. The van der Waals surface area contributed by atoms with Crippen molar-refractivity contribution in [3.8, 4) is 0 Å². The van der Waals surface area contributed by atoms with E-state index in [1.54, 1.807) is 0 Å². The molecule has 0 aliphatic carbocycles. The van der Waals surface area contributed by atoms with E-state index in [2.05, 4.69) is 0 Å². The van der Waals surface area contributed by atoms with E-state index in [0.717, 1.165) is 5.56 Å². The minimum absolute atomic E-state index is 0.0158. The van der Waals surface area contributed by atoms with Crippen LogP contribution >= 0.6 is 0 Å². The Morgan fingerprint density at radius 3 is 2.33 bits per heavy atom. The van der Waals surface area contributed by atoms with Crippen LogP contribution in [0.1, 0.15) is 32.4 Å². The second-order valence-corrected chi connectivity index (χ2v) is 5.00. The Labute approximate surface area is 90.3 Å². The lowest BCUT2D eigenvalue weighted by Gasteiger charge is -2.14. The normalized spacial score (nSPS) is 25.0. The van der Waals surface area contributed by atoms with Crippen molar-refractivity contribution in [2.45, 2.75) is 33.0 Å². The number of ether oxygens (including phenoxy) is 1. The van der Waals surface area contributed by atoms with Crippen molar-refractivity contribution in [1.82, 2.24) is 0 Å². The van der Waals surface area contributed by atoms with Crippen molar-refractivity contribution in [3.05, 3.63) is 35.9 Å². The van der Waals surface area contributed by atoms with Gasteiger partial charge in [-0.05, 0) is 5.56 Å². The van der Waals surface area contributed by atoms with E-state index in [1.165, 1.54) is 0 Å². The number of hydrogen-bond acceptors (Lipinski definition) is 2. The van der Waals surface area contributed by atoms with Gasteiger partial charge in [-0.3, -0.25) is 4.79 Å². The zero-order chi connectivity index (χ0) is 11.1. The molecule has 1 saturated heterocycles. The van der Waals surface area contributed by atoms with E-state index in [0.29, 0.717) is 0 Å². The quantitative estimate of drug-likeness (QED) is 0.693. The van der Waals surface area contributed by atoms with E-state index in [9.17, 15) is 4.79 Å². The van der Waals surface area contributed by atoms with E-state index < -0.39 is 0 Å². The van der Waals surface area contributed by atoms with E-state index in [1.807, 2.05) is 51.1 Å². The largest absolute Gasteiger partial charge is 0.356 e. The molecule has 0 amide bonds. The fraction of sp³-hybridized carbons (Fsp3) is 0.462. The maximum absolute atomic E-state index is 11.9. The molecule has 0 saturated carbocycles. The summed E-state index contributed by atoms with van der Waals surface area (Å²) < 4.78 is 5.44. The van der Waals surface area contributed by atoms with Crippen molar-refractivity contribution < 1.29 is 9.53 Å². The molecule has 80 valence electrons. The van der Waals surface area contributed by atoms with E-state index in [-0.39, 0.29) is 23.4 Å². The SMILES string of the molecule is CC(C)(C)C(=O)C1OC1c1ccccc1. The fourth-order valence-corrected chi connectivity index (χ4v) is 1.63. The van der Waals surface area contributed by atoms with Gasteiger partial charge in [-0.25, -0.2) is 0 Å². The summed E-state index contributed by atoms with van der Waals surface area (Å²) in [7, 11) is 0. The highest BCUT2D eigenvalue weighted by atomic mass is 16.6. The Bertz CT molecular complexity index is 362. The van der Waals surface area contributed by atoms with Gasteiger partial charge in [0.1, 0.15) is 12.2 Å². The van der Waals surface area contributed by atoms with Crippen LogP contribution in [-0.4, -0.2) is 11.9 Å². The molecule has 1 aliphatic rings. The Morgan fingerprint density at radius 2 is 1.80 bits per heavy atom. The van der Waals surface area contributed by atoms with Gasteiger partial charge >= 0.3 is 0 Å². The minimum atomic E-state index is -0.311. The van der Waals surface area contributed by atoms with Gasteiger partial charge in [0.2, 0.25) is 0 Å². The predicted octanol–water partition coefficient (Wildman–Crippen LogP) is 2.74. The third kappa shape index (κ3) is 2.10. The molecule has 1 aromatic rings. The molecule has 0 bridgehead atoms. The molecule has 1 aliphatic heterocycles. The number of benzene rings is 1. The van der Waals surface area contributed by atoms with Crippen molar-refractivity contribution >= 4 is 5.78 Å². The second kappa shape index (κ2) is 3.46. The van der Waals surface area contributed by atoms with E-state index in [4.69, 9.17) is 4.74 Å². The van der Waals surface area contributed by atoms with Gasteiger partial charge in [-0.1, -0.05) is 51.1 Å². The van der Waals surface area contributed by atoms with Crippen LogP contribution in [0.3, 0.4) is 0 Å². The standard InChI is InChI=1S/C13H16O2/c1-13(2,3)12(14)11-10(15-11)9-7-5-4-6-8-9/h4-8,10-11H,1-3H3. The van der Waals surface area contributed by atoms with Crippen LogP contribution in [0.25, 0.3) is 0 Å². The predicted molar refractivity (Wildman–Crippen MR) is 58.5 cm³/mol. The molecule has 1 heterocycles. The fourth-order valence-electron chi connectivity index (χ4n) is 1.63. The van der Waals surface area contributed by atoms with Crippen molar-refractivity contribution in [2.24, 2.45) is 5.41 Å². The van der Waals surface area contributed by atoms with Gasteiger partial charge in [0.25, 0.3) is 0 Å². The molecule has 2 rings (SSSR count). The van der Waals surface area contributed by atoms with Gasteiger partial charge in [-0.2, -0.15) is 0 Å². The number of ketones is 1. The highest BCUT2D eigenvalue weighted by Crippen LogP contribution is 2.42. The Morgan fingerprint density at radius 1 is 1.20 bits per heavy atom. The zero-order valence-corrected chi connectivity index (χ0v) is 9.36. The smallest absolute Gasteiger partial charge is 0.169 e. The molecule has 2 nitrogen and oxygen atoms in total. The van der Waals surface area contributed by atoms with Crippen LogP contribution in [0.4, 0.5) is 0 Å². The minimum Gasteiger partial charge on any atom is -0.356 e. The first-order valence-corrected chi connectivity index (χ1v) is 5.25. The van der Waals surface area contributed by atoms with Gasteiger partial charge in [-0.15, -0.1) is 0 Å². The van der Waals surface area contributed by atoms with Crippen molar-refractivity contribution in [2.75, 3.05) is 0 Å². The first-order valence-electron chi connectivity index (χ1n) is 5.25. The van der Waals surface area contributed by atoms with E-state index >= 15 is 0 Å². The Balaban J connectivity index is 2.06. The molecule has 0 spiro atoms. The van der Waals surface area contributed by atoms with Crippen molar-refractivity contribution in [3.63, 3.8) is 0 Å². The summed E-state index contributed by atoms with van der Waals surface area (Å²) in [4.78, 5) is 11.9. The van der Waals surface area contributed by atoms with Gasteiger partial charge in [0, 0.05) is 5.41 Å². The molecule has 0 N–H and O–H groups in total. The van der Waals surface area contributed by atoms with Crippen LogP contribution in [0.15, 0.2) is 30.3 Å². The lowest BCUT2D eigenvalue weighted by atomic mass is 9.87. The first kappa shape index (κ1) is 10.4. The number of carbonyl (C=O) groups excluding carboxylic acids is 1. The molecule has 0 aromatic heterocycles. The lowest BCUT2D eigenvalue weighted by molar-refractivity contribution is -0.127. The molecule has 2 heteroatoms. The molecular weight excluding hydrogens is 188 g/mol. The van der Waals surface area contributed by atoms with Gasteiger partial charge < -0.3 is 4.74 Å². The summed E-state index contributed by atoms with van der Waals surface area (Å²) >= 11 is 0. The molecule has 2 unspecified atom stereocenters. The number of epoxide rings is 1. The van der Waals surface area contributed by atoms with Crippen LogP contribution in [0.2, 0.25) is 0 Å². The summed E-state index contributed by atoms with van der Waals surface area (Å²) in [6.45, 7) is 5.79. The van der Waals surface area contributed by atoms with Crippen LogP contribution in [0, 0.1) is 5.41 Å². The van der Waals surface area contributed by atoms with Crippen LogP contribution < -0.4 is 0 Å². The summed E-state index contributed by atoms with van der Waals surface area (Å²) in [5, 5.41) is 0. The number of carbonyl (C=O) groups is 1. The molecular formula is C13H16O2. The molecule has 15 heavy (non-hydrogen) atoms. The monoisotopic (exact) mass is 204 g/mol. The topological polar surface area (TPSA) is 29.6 Å². The van der Waals surface area contributed by atoms with Gasteiger partial charge in [0.05, 0.1) is 0 Å². The molecule has 2 atom stereocenters. The zero-order valence-electron chi connectivity index (χ0n) is 9.36.